The quantitative estimate of drug-likeness (QED) is 0.756. The molecule has 3 N–H and O–H groups in total. The van der Waals surface area contributed by atoms with Crippen LogP contribution >= 0.6 is 11.8 Å². The van der Waals surface area contributed by atoms with E-state index in [0.29, 0.717) is 6.04 Å². The van der Waals surface area contributed by atoms with E-state index in [1.807, 2.05) is 13.0 Å². The summed E-state index contributed by atoms with van der Waals surface area (Å²) in [5, 5.41) is 3.56. The number of hydrogen-bond acceptors (Lipinski definition) is 3. The number of rotatable bonds is 2. The van der Waals surface area contributed by atoms with Crippen molar-refractivity contribution in [2.75, 3.05) is 22.6 Å². The Bertz CT molecular complexity index is 332. The minimum Gasteiger partial charge on any atom is -0.398 e. The number of anilines is 2. The summed E-state index contributed by atoms with van der Waals surface area (Å²) in [4.78, 5) is 0. The van der Waals surface area contributed by atoms with Gasteiger partial charge in [-0.15, -0.1) is 0 Å². The maximum absolute atomic E-state index is 5.88. The Labute approximate surface area is 95.6 Å². The van der Waals surface area contributed by atoms with Crippen molar-refractivity contribution in [3.05, 3.63) is 23.8 Å². The molecule has 0 amide bonds. The van der Waals surface area contributed by atoms with Gasteiger partial charge in [-0.05, 0) is 49.0 Å². The zero-order valence-electron chi connectivity index (χ0n) is 9.12. The molecule has 0 aliphatic carbocycles. The lowest BCUT2D eigenvalue weighted by atomic mass is 10.1. The number of nitrogens with two attached hydrogens (primary N) is 1. The molecule has 0 spiro atoms. The molecule has 0 radical (unpaired) electrons. The second-order valence-corrected chi connectivity index (χ2v) is 5.33. The summed E-state index contributed by atoms with van der Waals surface area (Å²) >= 11 is 2.05. The SMILES string of the molecule is Cc1ccc(NC2CCSCC2)cc1N. The van der Waals surface area contributed by atoms with E-state index in [1.165, 1.54) is 24.3 Å². The molecule has 1 aliphatic rings. The molecule has 3 heteroatoms. The van der Waals surface area contributed by atoms with Gasteiger partial charge >= 0.3 is 0 Å². The first-order chi connectivity index (χ1) is 7.25. The molecule has 1 aliphatic heterocycles. The summed E-state index contributed by atoms with van der Waals surface area (Å²) in [6.07, 6.45) is 2.52. The molecule has 1 fully saturated rings. The Hall–Kier alpha value is -0.830. The minimum atomic E-state index is 0.633. The topological polar surface area (TPSA) is 38.0 Å². The van der Waals surface area contributed by atoms with E-state index in [-0.39, 0.29) is 0 Å². The molecule has 2 nitrogen and oxygen atoms in total. The van der Waals surface area contributed by atoms with Gasteiger partial charge in [-0.2, -0.15) is 11.8 Å². The maximum atomic E-state index is 5.88. The van der Waals surface area contributed by atoms with Crippen LogP contribution in [0, 0.1) is 6.92 Å². The van der Waals surface area contributed by atoms with Gasteiger partial charge in [-0.1, -0.05) is 6.07 Å². The molecule has 0 saturated carbocycles. The van der Waals surface area contributed by atoms with Crippen LogP contribution in [0.2, 0.25) is 0 Å². The molecular formula is C12H18N2S. The average Bonchev–Trinajstić information content (AvgIpc) is 2.25. The van der Waals surface area contributed by atoms with Gasteiger partial charge in [0, 0.05) is 17.4 Å². The first kappa shape index (κ1) is 10.7. The summed E-state index contributed by atoms with van der Waals surface area (Å²) in [5.74, 6) is 2.55. The van der Waals surface area contributed by atoms with E-state index in [2.05, 4.69) is 29.2 Å². The lowest BCUT2D eigenvalue weighted by Gasteiger charge is -2.23. The summed E-state index contributed by atoms with van der Waals surface area (Å²) in [6.45, 7) is 2.04. The van der Waals surface area contributed by atoms with Gasteiger partial charge in [0.15, 0.2) is 0 Å². The first-order valence-electron chi connectivity index (χ1n) is 5.46. The summed E-state index contributed by atoms with van der Waals surface area (Å²) in [6, 6.07) is 6.87. The molecule has 15 heavy (non-hydrogen) atoms. The van der Waals surface area contributed by atoms with Crippen LogP contribution in [0.15, 0.2) is 18.2 Å². The maximum Gasteiger partial charge on any atom is 0.0364 e. The van der Waals surface area contributed by atoms with Gasteiger partial charge in [0.1, 0.15) is 0 Å². The van der Waals surface area contributed by atoms with Crippen LogP contribution in [0.1, 0.15) is 18.4 Å². The van der Waals surface area contributed by atoms with Crippen molar-refractivity contribution in [1.29, 1.82) is 0 Å². The Balaban J connectivity index is 2.00. The van der Waals surface area contributed by atoms with Gasteiger partial charge in [-0.3, -0.25) is 0 Å². The monoisotopic (exact) mass is 222 g/mol. The van der Waals surface area contributed by atoms with Crippen molar-refractivity contribution < 1.29 is 0 Å². The average molecular weight is 222 g/mol. The van der Waals surface area contributed by atoms with Crippen LogP contribution < -0.4 is 11.1 Å². The van der Waals surface area contributed by atoms with Gasteiger partial charge in [0.25, 0.3) is 0 Å². The fourth-order valence-electron chi connectivity index (χ4n) is 1.81. The molecule has 0 unspecified atom stereocenters. The molecule has 1 saturated heterocycles. The predicted molar refractivity (Wildman–Crippen MR) is 69.6 cm³/mol. The van der Waals surface area contributed by atoms with E-state index in [9.17, 15) is 0 Å². The van der Waals surface area contributed by atoms with Crippen LogP contribution in [0.3, 0.4) is 0 Å². The van der Waals surface area contributed by atoms with Gasteiger partial charge in [-0.25, -0.2) is 0 Å². The highest BCUT2D eigenvalue weighted by Gasteiger charge is 2.13. The zero-order valence-corrected chi connectivity index (χ0v) is 9.94. The van der Waals surface area contributed by atoms with Crippen LogP contribution in [-0.2, 0) is 0 Å². The number of nitrogens with one attached hydrogen (secondary N) is 1. The standard InChI is InChI=1S/C12H18N2S/c1-9-2-3-11(8-12(9)13)14-10-4-6-15-7-5-10/h2-3,8,10,14H,4-7,13H2,1H3. The summed E-state index contributed by atoms with van der Waals surface area (Å²) < 4.78 is 0. The summed E-state index contributed by atoms with van der Waals surface area (Å²) in [5.41, 5.74) is 9.08. The van der Waals surface area contributed by atoms with Crippen molar-refractivity contribution in [3.63, 3.8) is 0 Å². The van der Waals surface area contributed by atoms with Gasteiger partial charge < -0.3 is 11.1 Å². The summed E-state index contributed by atoms with van der Waals surface area (Å²) in [7, 11) is 0. The molecule has 1 aromatic rings. The molecule has 82 valence electrons. The second kappa shape index (κ2) is 4.79. The van der Waals surface area contributed by atoms with E-state index in [4.69, 9.17) is 5.73 Å². The lowest BCUT2D eigenvalue weighted by molar-refractivity contribution is 0.667. The molecular weight excluding hydrogens is 204 g/mol. The van der Waals surface area contributed by atoms with Crippen molar-refractivity contribution in [2.24, 2.45) is 0 Å². The Kier molecular flexibility index (Phi) is 3.41. The molecule has 0 bridgehead atoms. The van der Waals surface area contributed by atoms with Crippen LogP contribution in [0.25, 0.3) is 0 Å². The first-order valence-corrected chi connectivity index (χ1v) is 6.61. The zero-order chi connectivity index (χ0) is 10.7. The molecule has 2 rings (SSSR count). The van der Waals surface area contributed by atoms with E-state index in [1.54, 1.807) is 0 Å². The molecule has 1 heterocycles. The van der Waals surface area contributed by atoms with Crippen molar-refractivity contribution in [1.82, 2.24) is 0 Å². The Morgan fingerprint density at radius 2 is 2.07 bits per heavy atom. The third kappa shape index (κ3) is 2.81. The largest absolute Gasteiger partial charge is 0.398 e. The van der Waals surface area contributed by atoms with Crippen LogP contribution in [-0.4, -0.2) is 17.5 Å². The van der Waals surface area contributed by atoms with Crippen molar-refractivity contribution >= 4 is 23.1 Å². The molecule has 0 aromatic heterocycles. The normalized spacial score (nSPS) is 17.7. The second-order valence-electron chi connectivity index (χ2n) is 4.10. The highest BCUT2D eigenvalue weighted by Crippen LogP contribution is 2.23. The molecule has 0 atom stereocenters. The fraction of sp³-hybridized carbons (Fsp3) is 0.500. The lowest BCUT2D eigenvalue weighted by Crippen LogP contribution is -2.24. The number of nitrogen functional groups attached to an aromatic ring is 1. The number of thioether (sulfide) groups is 1. The van der Waals surface area contributed by atoms with E-state index >= 15 is 0 Å². The highest BCUT2D eigenvalue weighted by atomic mass is 32.2. The third-order valence-electron chi connectivity index (χ3n) is 2.87. The number of hydrogen-bond donors (Lipinski definition) is 2. The Morgan fingerprint density at radius 1 is 1.33 bits per heavy atom. The molecule has 1 aromatic carbocycles. The van der Waals surface area contributed by atoms with Crippen molar-refractivity contribution in [2.45, 2.75) is 25.8 Å². The predicted octanol–water partition coefficient (Wildman–Crippen LogP) is 2.88. The Morgan fingerprint density at radius 3 is 2.73 bits per heavy atom. The minimum absolute atomic E-state index is 0.633. The van der Waals surface area contributed by atoms with Gasteiger partial charge in [0.05, 0.1) is 0 Å². The van der Waals surface area contributed by atoms with Gasteiger partial charge in [0.2, 0.25) is 0 Å². The number of aryl methyl sites for hydroxylation is 1. The van der Waals surface area contributed by atoms with E-state index in [0.717, 1.165) is 16.9 Å². The number of benzene rings is 1. The highest BCUT2D eigenvalue weighted by molar-refractivity contribution is 7.99. The van der Waals surface area contributed by atoms with Crippen LogP contribution in [0.5, 0.6) is 0 Å². The fourth-order valence-corrected chi connectivity index (χ4v) is 2.91. The smallest absolute Gasteiger partial charge is 0.0364 e. The van der Waals surface area contributed by atoms with E-state index < -0.39 is 0 Å². The van der Waals surface area contributed by atoms with Crippen LogP contribution in [0.4, 0.5) is 11.4 Å². The third-order valence-corrected chi connectivity index (χ3v) is 3.92. The van der Waals surface area contributed by atoms with Crippen molar-refractivity contribution in [3.8, 4) is 0 Å².